The molecule has 0 aliphatic rings. The van der Waals surface area contributed by atoms with Crippen molar-refractivity contribution in [1.82, 2.24) is 4.72 Å². The van der Waals surface area contributed by atoms with Crippen LogP contribution in [-0.2, 0) is 19.6 Å². The highest BCUT2D eigenvalue weighted by molar-refractivity contribution is 7.89. The Hall–Kier alpha value is -0.460. The minimum atomic E-state index is -3.64. The average molecular weight is 312 g/mol. The lowest BCUT2D eigenvalue weighted by Gasteiger charge is -2.19. The largest absolute Gasteiger partial charge is 0.299 e. The van der Waals surface area contributed by atoms with Crippen LogP contribution in [0.1, 0.15) is 34.1 Å². The van der Waals surface area contributed by atoms with E-state index in [0.29, 0.717) is 0 Å². The van der Waals surface area contributed by atoms with Gasteiger partial charge in [0.05, 0.1) is 11.8 Å². The summed E-state index contributed by atoms with van der Waals surface area (Å²) in [6, 6.07) is -0.997. The normalized spacial score (nSPS) is 13.8. The molecule has 0 aromatic heterocycles. The molecule has 0 aliphatic carbocycles. The van der Waals surface area contributed by atoms with Crippen LogP contribution in [0.15, 0.2) is 0 Å². The summed E-state index contributed by atoms with van der Waals surface area (Å²) in [5, 5.41) is 0. The molecule has 0 radical (unpaired) electrons. The maximum absolute atomic E-state index is 12.0. The summed E-state index contributed by atoms with van der Waals surface area (Å²) < 4.78 is 25.6. The summed E-state index contributed by atoms with van der Waals surface area (Å²) in [6.07, 6.45) is -0.115. The zero-order valence-electron chi connectivity index (χ0n) is 11.8. The van der Waals surface area contributed by atoms with Crippen LogP contribution >= 0.6 is 11.6 Å². The van der Waals surface area contributed by atoms with Crippen LogP contribution < -0.4 is 4.72 Å². The number of nitrogens with one attached hydrogen (secondary N) is 1. The molecule has 0 heterocycles. The summed E-state index contributed by atoms with van der Waals surface area (Å²) in [4.78, 5) is 23.7. The van der Waals surface area contributed by atoms with Gasteiger partial charge in [-0.2, -0.15) is 0 Å². The molecule has 0 aromatic carbocycles. The predicted octanol–water partition coefficient (Wildman–Crippen LogP) is 1.35. The Kier molecular flexibility index (Phi) is 7.78. The van der Waals surface area contributed by atoms with E-state index in [1.807, 2.05) is 0 Å². The molecule has 0 saturated heterocycles. The van der Waals surface area contributed by atoms with Crippen molar-refractivity contribution in [2.45, 2.75) is 40.2 Å². The number of rotatable bonds is 9. The number of Topliss-reactive ketones (excluding diaryl/α,β-unsaturated/α-hetero) is 2. The molecule has 0 amide bonds. The van der Waals surface area contributed by atoms with Gasteiger partial charge in [-0.1, -0.05) is 27.7 Å². The highest BCUT2D eigenvalue weighted by Crippen LogP contribution is 2.10. The summed E-state index contributed by atoms with van der Waals surface area (Å²) in [5.74, 6) is -1.34. The van der Waals surface area contributed by atoms with Crippen molar-refractivity contribution in [2.75, 3.05) is 11.6 Å². The second kappa shape index (κ2) is 7.97. The number of hydrogen-bond donors (Lipinski definition) is 1. The van der Waals surface area contributed by atoms with Crippen molar-refractivity contribution in [3.8, 4) is 0 Å². The molecule has 112 valence electrons. The van der Waals surface area contributed by atoms with Crippen LogP contribution in [0.25, 0.3) is 0 Å². The van der Waals surface area contributed by atoms with Gasteiger partial charge in [0, 0.05) is 24.1 Å². The molecule has 19 heavy (non-hydrogen) atoms. The summed E-state index contributed by atoms with van der Waals surface area (Å²) in [7, 11) is -3.64. The first-order valence-electron chi connectivity index (χ1n) is 6.23. The van der Waals surface area contributed by atoms with Gasteiger partial charge in [-0.15, -0.1) is 11.6 Å². The average Bonchev–Trinajstić information content (AvgIpc) is 2.26. The fraction of sp³-hybridized carbons (Fsp3) is 0.833. The smallest absolute Gasteiger partial charge is 0.213 e. The molecule has 0 spiro atoms. The van der Waals surface area contributed by atoms with Gasteiger partial charge in [0.25, 0.3) is 0 Å². The van der Waals surface area contributed by atoms with Crippen molar-refractivity contribution in [2.24, 2.45) is 11.8 Å². The number of alkyl halides is 1. The van der Waals surface area contributed by atoms with E-state index in [-0.39, 0.29) is 41.5 Å². The van der Waals surface area contributed by atoms with E-state index < -0.39 is 16.1 Å². The minimum absolute atomic E-state index is 0.0595. The first kappa shape index (κ1) is 18.5. The van der Waals surface area contributed by atoms with Gasteiger partial charge >= 0.3 is 0 Å². The third-order valence-electron chi connectivity index (χ3n) is 2.63. The van der Waals surface area contributed by atoms with Crippen LogP contribution in [0.2, 0.25) is 0 Å². The fourth-order valence-corrected chi connectivity index (χ4v) is 2.98. The topological polar surface area (TPSA) is 80.3 Å². The Bertz CT molecular complexity index is 417. The fourth-order valence-electron chi connectivity index (χ4n) is 1.42. The molecular formula is C12H22ClNO4S. The Morgan fingerprint density at radius 3 is 2.00 bits per heavy atom. The molecule has 1 atom stereocenters. The molecule has 1 N–H and O–H groups in total. The van der Waals surface area contributed by atoms with Crippen LogP contribution in [-0.4, -0.2) is 37.7 Å². The molecule has 0 rings (SSSR count). The minimum Gasteiger partial charge on any atom is -0.299 e. The first-order valence-corrected chi connectivity index (χ1v) is 8.41. The molecular weight excluding hydrogens is 290 g/mol. The number of halogens is 1. The monoisotopic (exact) mass is 311 g/mol. The Morgan fingerprint density at radius 1 is 1.11 bits per heavy atom. The van der Waals surface area contributed by atoms with Crippen LogP contribution in [0.4, 0.5) is 0 Å². The zero-order valence-corrected chi connectivity index (χ0v) is 13.3. The predicted molar refractivity (Wildman–Crippen MR) is 75.7 cm³/mol. The van der Waals surface area contributed by atoms with Crippen LogP contribution in [0.3, 0.4) is 0 Å². The van der Waals surface area contributed by atoms with E-state index in [0.717, 1.165) is 0 Å². The van der Waals surface area contributed by atoms with Crippen molar-refractivity contribution < 1.29 is 18.0 Å². The van der Waals surface area contributed by atoms with Gasteiger partial charge in [0.1, 0.15) is 5.78 Å². The van der Waals surface area contributed by atoms with E-state index in [9.17, 15) is 18.0 Å². The Labute approximate surface area is 120 Å². The molecule has 0 aliphatic heterocycles. The van der Waals surface area contributed by atoms with E-state index in [4.69, 9.17) is 11.6 Å². The molecule has 0 saturated carbocycles. The van der Waals surface area contributed by atoms with E-state index in [1.54, 1.807) is 27.7 Å². The lowest BCUT2D eigenvalue weighted by molar-refractivity contribution is -0.128. The molecule has 0 aromatic rings. The molecule has 1 unspecified atom stereocenters. The van der Waals surface area contributed by atoms with Crippen molar-refractivity contribution in [3.63, 3.8) is 0 Å². The van der Waals surface area contributed by atoms with E-state index in [1.165, 1.54) is 0 Å². The van der Waals surface area contributed by atoms with Gasteiger partial charge in [-0.3, -0.25) is 9.59 Å². The number of ketones is 2. The standard InChI is InChI=1S/C12H22ClNO4S/c1-8(2)11(15)7-10(12(16)9(3)4)14-19(17,18)6-5-13/h8-10,14H,5-7H2,1-4H3. The summed E-state index contributed by atoms with van der Waals surface area (Å²) in [6.45, 7) is 6.77. The van der Waals surface area contributed by atoms with Crippen molar-refractivity contribution in [1.29, 1.82) is 0 Å². The number of hydrogen-bond acceptors (Lipinski definition) is 4. The quantitative estimate of drug-likeness (QED) is 0.652. The van der Waals surface area contributed by atoms with Gasteiger partial charge in [-0.05, 0) is 0 Å². The van der Waals surface area contributed by atoms with Crippen LogP contribution in [0.5, 0.6) is 0 Å². The zero-order chi connectivity index (χ0) is 15.2. The second-order valence-corrected chi connectivity index (χ2v) is 7.31. The van der Waals surface area contributed by atoms with Gasteiger partial charge in [0.2, 0.25) is 10.0 Å². The SMILES string of the molecule is CC(C)C(=O)CC(NS(=O)(=O)CCCl)C(=O)C(C)C. The lowest BCUT2D eigenvalue weighted by atomic mass is 9.95. The third kappa shape index (κ3) is 7.03. The van der Waals surface area contributed by atoms with E-state index >= 15 is 0 Å². The van der Waals surface area contributed by atoms with Gasteiger partial charge in [0.15, 0.2) is 5.78 Å². The summed E-state index contributed by atoms with van der Waals surface area (Å²) in [5.41, 5.74) is 0. The molecule has 0 fully saturated rings. The van der Waals surface area contributed by atoms with Gasteiger partial charge in [-0.25, -0.2) is 13.1 Å². The molecule has 0 bridgehead atoms. The lowest BCUT2D eigenvalue weighted by Crippen LogP contribution is -2.45. The number of carbonyl (C=O) groups excluding carboxylic acids is 2. The Morgan fingerprint density at radius 2 is 1.63 bits per heavy atom. The van der Waals surface area contributed by atoms with Gasteiger partial charge < -0.3 is 0 Å². The Balaban J connectivity index is 4.98. The van der Waals surface area contributed by atoms with Crippen molar-refractivity contribution >= 4 is 33.2 Å². The highest BCUT2D eigenvalue weighted by atomic mass is 35.5. The first-order chi connectivity index (χ1) is 8.60. The van der Waals surface area contributed by atoms with Crippen LogP contribution in [0, 0.1) is 11.8 Å². The van der Waals surface area contributed by atoms with Crippen molar-refractivity contribution in [3.05, 3.63) is 0 Å². The third-order valence-corrected chi connectivity index (χ3v) is 4.43. The maximum Gasteiger partial charge on any atom is 0.213 e. The summed E-state index contributed by atoms with van der Waals surface area (Å²) >= 11 is 5.40. The molecule has 5 nitrogen and oxygen atoms in total. The van der Waals surface area contributed by atoms with E-state index in [2.05, 4.69) is 4.72 Å². The molecule has 7 heteroatoms. The second-order valence-electron chi connectivity index (χ2n) is 5.06. The maximum atomic E-state index is 12.0. The highest BCUT2D eigenvalue weighted by Gasteiger charge is 2.28. The number of sulfonamides is 1. The number of carbonyl (C=O) groups is 2.